The number of hydrogen-bond acceptors (Lipinski definition) is 4. The molecule has 3 amide bonds. The van der Waals surface area contributed by atoms with Gasteiger partial charge in [-0.15, -0.1) is 0 Å². The zero-order chi connectivity index (χ0) is 31.4. The van der Waals surface area contributed by atoms with Crippen LogP contribution in [0, 0.1) is 5.92 Å². The van der Waals surface area contributed by atoms with E-state index in [9.17, 15) is 19.2 Å². The Morgan fingerprint density at radius 2 is 1.40 bits per heavy atom. The minimum atomic E-state index is -4.38. The number of amides is 3. The van der Waals surface area contributed by atoms with Crippen LogP contribution in [0.25, 0.3) is 0 Å². The van der Waals surface area contributed by atoms with Crippen molar-refractivity contribution in [3.8, 4) is 0 Å². The fraction of sp³-hybridized carbons (Fsp3) is 0.333. The van der Waals surface area contributed by atoms with Gasteiger partial charge in [-0.05, 0) is 47.6 Å². The summed E-state index contributed by atoms with van der Waals surface area (Å²) in [4.78, 5) is 51.6. The second-order valence-corrected chi connectivity index (χ2v) is 11.0. The first kappa shape index (κ1) is 33.4. The summed E-state index contributed by atoms with van der Waals surface area (Å²) >= 11 is 6.02. The van der Waals surface area contributed by atoms with E-state index in [-0.39, 0.29) is 19.4 Å². The molecule has 10 heteroatoms. The Morgan fingerprint density at radius 3 is 2.00 bits per heavy atom. The Morgan fingerprint density at radius 1 is 0.791 bits per heavy atom. The third kappa shape index (κ3) is 10.3. The fourth-order valence-corrected chi connectivity index (χ4v) is 4.66. The van der Waals surface area contributed by atoms with Crippen molar-refractivity contribution in [1.82, 2.24) is 16.0 Å². The van der Waals surface area contributed by atoms with Gasteiger partial charge in [-0.1, -0.05) is 98.2 Å². The lowest BCUT2D eigenvalue weighted by molar-refractivity contribution is -0.161. The van der Waals surface area contributed by atoms with Gasteiger partial charge in [0.25, 0.3) is 5.91 Å². The third-order valence-electron chi connectivity index (χ3n) is 6.85. The molecule has 2 atom stereocenters. The summed E-state index contributed by atoms with van der Waals surface area (Å²) in [5.41, 5.74) is 2.39. The van der Waals surface area contributed by atoms with E-state index in [1.165, 1.54) is 13.8 Å². The van der Waals surface area contributed by atoms with E-state index >= 15 is 8.78 Å². The van der Waals surface area contributed by atoms with Crippen molar-refractivity contribution < 1.29 is 28.0 Å². The van der Waals surface area contributed by atoms with E-state index < -0.39 is 47.4 Å². The van der Waals surface area contributed by atoms with Crippen LogP contribution in [0.15, 0.2) is 84.9 Å². The second kappa shape index (κ2) is 15.9. The minimum absolute atomic E-state index is 0.0483. The molecular formula is C33H36ClF2N3O4. The van der Waals surface area contributed by atoms with E-state index in [1.807, 2.05) is 12.1 Å². The number of hydrogen-bond donors (Lipinski definition) is 3. The molecule has 0 aliphatic heterocycles. The second-order valence-electron chi connectivity index (χ2n) is 10.6. The number of halogens is 3. The molecule has 0 aromatic heterocycles. The summed E-state index contributed by atoms with van der Waals surface area (Å²) in [6, 6.07) is 22.0. The number of benzene rings is 3. The van der Waals surface area contributed by atoms with Crippen molar-refractivity contribution in [3.05, 3.63) is 107 Å². The molecule has 3 aromatic carbocycles. The average molecular weight is 612 g/mol. The first-order chi connectivity index (χ1) is 20.5. The highest BCUT2D eigenvalue weighted by Gasteiger charge is 2.51. The third-order valence-corrected chi connectivity index (χ3v) is 7.08. The van der Waals surface area contributed by atoms with Crippen LogP contribution >= 0.6 is 11.6 Å². The van der Waals surface area contributed by atoms with E-state index in [4.69, 9.17) is 11.6 Å². The molecule has 7 nitrogen and oxygen atoms in total. The highest BCUT2D eigenvalue weighted by atomic mass is 35.5. The van der Waals surface area contributed by atoms with Gasteiger partial charge in [-0.3, -0.25) is 19.2 Å². The largest absolute Gasteiger partial charge is 0.383 e. The number of carbonyl (C=O) groups is 4. The predicted molar refractivity (Wildman–Crippen MR) is 162 cm³/mol. The lowest BCUT2D eigenvalue weighted by atomic mass is 9.94. The van der Waals surface area contributed by atoms with Crippen LogP contribution < -0.4 is 16.0 Å². The van der Waals surface area contributed by atoms with Gasteiger partial charge in [0, 0.05) is 24.4 Å². The minimum Gasteiger partial charge on any atom is -0.350 e. The number of alkyl halides is 2. The van der Waals surface area contributed by atoms with Gasteiger partial charge in [-0.2, -0.15) is 8.78 Å². The van der Waals surface area contributed by atoms with Crippen LogP contribution in [-0.2, 0) is 38.4 Å². The van der Waals surface area contributed by atoms with Gasteiger partial charge < -0.3 is 16.0 Å². The number of nitrogens with one attached hydrogen (secondary N) is 3. The summed E-state index contributed by atoms with van der Waals surface area (Å²) in [5.74, 6) is -9.86. The molecule has 2 unspecified atom stereocenters. The van der Waals surface area contributed by atoms with Crippen molar-refractivity contribution >= 4 is 35.1 Å². The van der Waals surface area contributed by atoms with Crippen molar-refractivity contribution in [3.63, 3.8) is 0 Å². The van der Waals surface area contributed by atoms with E-state index in [2.05, 4.69) is 16.0 Å². The standard InChI is InChI=1S/C33H36ClF2N3O4/c1-22(2)29(30(41)33(35,36)32(43)37-19-18-23-10-5-3-6-11-23)39-31(42)27(21-24-12-7-4-8-13-24)38-28(40)17-16-25-14-9-15-26(34)20-25/h3-15,20,22,27,29H,16-19,21H2,1-2H3,(H,37,43)(H,38,40)(H,39,42). The van der Waals surface area contributed by atoms with Crippen LogP contribution in [0.2, 0.25) is 5.02 Å². The van der Waals surface area contributed by atoms with Crippen molar-refractivity contribution in [2.75, 3.05) is 6.54 Å². The monoisotopic (exact) mass is 611 g/mol. The van der Waals surface area contributed by atoms with Crippen LogP contribution in [0.1, 0.15) is 37.0 Å². The lowest BCUT2D eigenvalue weighted by Crippen LogP contribution is -2.59. The molecule has 0 radical (unpaired) electrons. The lowest BCUT2D eigenvalue weighted by Gasteiger charge is -2.27. The maximum Gasteiger partial charge on any atom is 0.383 e. The summed E-state index contributed by atoms with van der Waals surface area (Å²) in [6.45, 7) is 2.88. The number of Topliss-reactive ketones (excluding diaryl/α,β-unsaturated/α-hetero) is 1. The van der Waals surface area contributed by atoms with Crippen LogP contribution in [0.4, 0.5) is 8.78 Å². The molecule has 3 rings (SSSR count). The maximum absolute atomic E-state index is 15.1. The smallest absolute Gasteiger partial charge is 0.350 e. The Hall–Kier alpha value is -4.11. The number of ketones is 1. The highest BCUT2D eigenvalue weighted by molar-refractivity contribution is 6.30. The first-order valence-corrected chi connectivity index (χ1v) is 14.5. The molecule has 0 heterocycles. The first-order valence-electron chi connectivity index (χ1n) is 14.1. The molecular weight excluding hydrogens is 576 g/mol. The summed E-state index contributed by atoms with van der Waals surface area (Å²) in [5, 5.41) is 7.72. The van der Waals surface area contributed by atoms with Crippen molar-refractivity contribution in [2.45, 2.75) is 57.5 Å². The molecule has 0 aliphatic carbocycles. The SMILES string of the molecule is CC(C)C(NC(=O)C(Cc1ccccc1)NC(=O)CCc1cccc(Cl)c1)C(=O)C(F)(F)C(=O)NCCc1ccccc1. The summed E-state index contributed by atoms with van der Waals surface area (Å²) in [6.07, 6.45) is 0.780. The van der Waals surface area contributed by atoms with Gasteiger partial charge in [0.05, 0.1) is 6.04 Å². The van der Waals surface area contributed by atoms with Crippen LogP contribution in [-0.4, -0.2) is 48.1 Å². The molecule has 0 bridgehead atoms. The molecule has 3 N–H and O–H groups in total. The fourth-order valence-electron chi connectivity index (χ4n) is 4.45. The Bertz CT molecular complexity index is 1390. The molecule has 0 spiro atoms. The topological polar surface area (TPSA) is 104 Å². The van der Waals surface area contributed by atoms with E-state index in [1.54, 1.807) is 72.8 Å². The highest BCUT2D eigenvalue weighted by Crippen LogP contribution is 2.21. The zero-order valence-corrected chi connectivity index (χ0v) is 24.9. The molecule has 0 saturated heterocycles. The van der Waals surface area contributed by atoms with Crippen molar-refractivity contribution in [2.24, 2.45) is 5.92 Å². The summed E-state index contributed by atoms with van der Waals surface area (Å²) in [7, 11) is 0. The normalized spacial score (nSPS) is 12.7. The molecule has 3 aromatic rings. The van der Waals surface area contributed by atoms with E-state index in [0.29, 0.717) is 23.4 Å². The Kier molecular flexibility index (Phi) is 12.4. The molecule has 0 saturated carbocycles. The van der Waals surface area contributed by atoms with Crippen LogP contribution in [0.5, 0.6) is 0 Å². The summed E-state index contributed by atoms with van der Waals surface area (Å²) < 4.78 is 30.1. The molecule has 228 valence electrons. The van der Waals surface area contributed by atoms with Gasteiger partial charge >= 0.3 is 5.92 Å². The molecule has 0 fully saturated rings. The average Bonchev–Trinajstić information content (AvgIpc) is 2.99. The van der Waals surface area contributed by atoms with Gasteiger partial charge in [0.2, 0.25) is 17.6 Å². The van der Waals surface area contributed by atoms with E-state index in [0.717, 1.165) is 11.1 Å². The number of rotatable bonds is 15. The quantitative estimate of drug-likeness (QED) is 0.217. The maximum atomic E-state index is 15.1. The van der Waals surface area contributed by atoms with Crippen LogP contribution in [0.3, 0.4) is 0 Å². The number of aryl methyl sites for hydroxylation is 1. The Labute approximate surface area is 255 Å². The van der Waals surface area contributed by atoms with Gasteiger partial charge in [-0.25, -0.2) is 0 Å². The van der Waals surface area contributed by atoms with Gasteiger partial charge in [0.1, 0.15) is 6.04 Å². The van der Waals surface area contributed by atoms with Gasteiger partial charge in [0.15, 0.2) is 0 Å². The molecule has 43 heavy (non-hydrogen) atoms. The Balaban J connectivity index is 1.68. The van der Waals surface area contributed by atoms with Crippen molar-refractivity contribution in [1.29, 1.82) is 0 Å². The zero-order valence-electron chi connectivity index (χ0n) is 24.1. The predicted octanol–water partition coefficient (Wildman–Crippen LogP) is 4.70. The molecule has 0 aliphatic rings. The number of carbonyl (C=O) groups excluding carboxylic acids is 4.